The van der Waals surface area contributed by atoms with Gasteiger partial charge in [-0.1, -0.05) is 6.07 Å². The summed E-state index contributed by atoms with van der Waals surface area (Å²) >= 11 is 0. The number of hydrogen-bond acceptors (Lipinski definition) is 7. The van der Waals surface area contributed by atoms with E-state index < -0.39 is 9.84 Å². The minimum Gasteiger partial charge on any atom is -0.493 e. The van der Waals surface area contributed by atoms with E-state index in [1.54, 1.807) is 12.3 Å². The van der Waals surface area contributed by atoms with E-state index >= 15 is 0 Å². The molecule has 0 atom stereocenters. The predicted molar refractivity (Wildman–Crippen MR) is 128 cm³/mol. The van der Waals surface area contributed by atoms with Crippen molar-refractivity contribution < 1.29 is 13.2 Å². The number of nitrogens with one attached hydrogen (secondary N) is 3. The van der Waals surface area contributed by atoms with Gasteiger partial charge in [-0.05, 0) is 55.8 Å². The number of sulfone groups is 1. The fourth-order valence-corrected chi connectivity index (χ4v) is 3.94. The molecule has 0 saturated heterocycles. The number of hydrogen-bond donors (Lipinski definition) is 3. The Labute approximate surface area is 187 Å². The van der Waals surface area contributed by atoms with Gasteiger partial charge in [-0.3, -0.25) is 0 Å². The first-order valence-corrected chi connectivity index (χ1v) is 12.3. The van der Waals surface area contributed by atoms with E-state index in [0.717, 1.165) is 28.0 Å². The van der Waals surface area contributed by atoms with Crippen LogP contribution in [0.2, 0.25) is 0 Å². The van der Waals surface area contributed by atoms with Crippen LogP contribution < -0.4 is 15.4 Å². The molecule has 0 unspecified atom stereocenters. The maximum Gasteiger partial charge on any atom is 0.229 e. The molecule has 0 amide bonds. The zero-order valence-corrected chi connectivity index (χ0v) is 18.7. The van der Waals surface area contributed by atoms with E-state index in [1.807, 2.05) is 49.4 Å². The molecule has 0 bridgehead atoms. The van der Waals surface area contributed by atoms with Crippen LogP contribution in [0.25, 0.3) is 10.9 Å². The molecule has 166 valence electrons. The number of benzene rings is 2. The monoisotopic (exact) mass is 451 g/mol. The lowest BCUT2D eigenvalue weighted by molar-refractivity contribution is 0.318. The first-order valence-electron chi connectivity index (χ1n) is 10.2. The summed E-state index contributed by atoms with van der Waals surface area (Å²) in [5.41, 5.74) is 3.90. The van der Waals surface area contributed by atoms with E-state index in [0.29, 0.717) is 30.5 Å². The van der Waals surface area contributed by atoms with Crippen molar-refractivity contribution in [2.75, 3.05) is 29.2 Å². The van der Waals surface area contributed by atoms with E-state index in [1.165, 1.54) is 6.26 Å². The molecular weight excluding hydrogens is 426 g/mol. The van der Waals surface area contributed by atoms with E-state index in [9.17, 15) is 8.42 Å². The molecule has 0 saturated carbocycles. The highest BCUT2D eigenvalue weighted by atomic mass is 32.2. The third kappa shape index (κ3) is 5.98. The molecule has 9 heteroatoms. The Morgan fingerprint density at radius 3 is 2.72 bits per heavy atom. The number of rotatable bonds is 9. The maximum absolute atomic E-state index is 11.2. The molecule has 8 nitrogen and oxygen atoms in total. The number of aryl methyl sites for hydroxylation is 1. The van der Waals surface area contributed by atoms with Gasteiger partial charge in [0.05, 0.1) is 12.4 Å². The second-order valence-electron chi connectivity index (χ2n) is 7.63. The molecule has 0 aliphatic heterocycles. The smallest absolute Gasteiger partial charge is 0.229 e. The number of nitrogens with zero attached hydrogens (tertiary/aromatic N) is 2. The van der Waals surface area contributed by atoms with E-state index in [4.69, 9.17) is 4.74 Å². The van der Waals surface area contributed by atoms with Crippen LogP contribution in [0, 0.1) is 6.92 Å². The Balaban J connectivity index is 1.40. The van der Waals surface area contributed by atoms with Gasteiger partial charge in [-0.15, -0.1) is 0 Å². The number of fused-ring (bicyclic) bond motifs is 1. The van der Waals surface area contributed by atoms with Gasteiger partial charge in [0, 0.05) is 46.5 Å². The van der Waals surface area contributed by atoms with E-state index in [-0.39, 0.29) is 5.75 Å². The summed E-state index contributed by atoms with van der Waals surface area (Å²) in [6.07, 6.45) is 3.36. The molecule has 2 aromatic heterocycles. The summed E-state index contributed by atoms with van der Waals surface area (Å²) in [6, 6.07) is 17.4. The van der Waals surface area contributed by atoms with Gasteiger partial charge in [-0.25, -0.2) is 13.4 Å². The van der Waals surface area contributed by atoms with Gasteiger partial charge in [0.25, 0.3) is 0 Å². The summed E-state index contributed by atoms with van der Waals surface area (Å²) < 4.78 is 28.1. The van der Waals surface area contributed by atoms with Gasteiger partial charge in [0.2, 0.25) is 5.95 Å². The molecule has 2 heterocycles. The Hall–Kier alpha value is -3.59. The van der Waals surface area contributed by atoms with Crippen LogP contribution in [0.5, 0.6) is 5.75 Å². The van der Waals surface area contributed by atoms with Crippen molar-refractivity contribution >= 4 is 43.9 Å². The lowest BCUT2D eigenvalue weighted by Crippen LogP contribution is -2.08. The number of ether oxygens (including phenoxy) is 1. The molecule has 0 aliphatic carbocycles. The van der Waals surface area contributed by atoms with E-state index in [2.05, 4.69) is 31.7 Å². The Morgan fingerprint density at radius 1 is 1.03 bits per heavy atom. The fraction of sp³-hybridized carbons (Fsp3) is 0.217. The normalized spacial score (nSPS) is 11.4. The lowest BCUT2D eigenvalue weighted by atomic mass is 10.2. The second kappa shape index (κ2) is 9.27. The van der Waals surface area contributed by atoms with Crippen molar-refractivity contribution in [3.8, 4) is 5.75 Å². The zero-order valence-electron chi connectivity index (χ0n) is 17.9. The molecule has 4 aromatic rings. The van der Waals surface area contributed by atoms with Gasteiger partial charge < -0.3 is 20.4 Å². The van der Waals surface area contributed by atoms with Crippen LogP contribution in [-0.2, 0) is 9.84 Å². The van der Waals surface area contributed by atoms with Crippen LogP contribution >= 0.6 is 0 Å². The lowest BCUT2D eigenvalue weighted by Gasteiger charge is -2.10. The van der Waals surface area contributed by atoms with Crippen LogP contribution in [0.4, 0.5) is 23.1 Å². The number of anilines is 4. The zero-order chi connectivity index (χ0) is 22.6. The van der Waals surface area contributed by atoms with Gasteiger partial charge in [-0.2, -0.15) is 4.98 Å². The third-order valence-corrected chi connectivity index (χ3v) is 5.73. The number of aromatic nitrogens is 3. The SMILES string of the molecule is Cc1cc2cc(Nc3nccc(Nc4cccc(OCCCS(C)(=O)=O)c4)n3)ccc2[nH]1. The predicted octanol–water partition coefficient (Wildman–Crippen LogP) is 4.57. The molecule has 0 radical (unpaired) electrons. The molecular formula is C23H25N5O3S. The van der Waals surface area contributed by atoms with Crippen molar-refractivity contribution in [1.82, 2.24) is 15.0 Å². The van der Waals surface area contributed by atoms with Gasteiger partial charge in [0.15, 0.2) is 0 Å². The first-order chi connectivity index (χ1) is 15.3. The van der Waals surface area contributed by atoms with Crippen LogP contribution in [-0.4, -0.2) is 42.0 Å². The Kier molecular flexibility index (Phi) is 6.27. The fourth-order valence-electron chi connectivity index (χ4n) is 3.30. The molecule has 0 aliphatic rings. The van der Waals surface area contributed by atoms with Crippen LogP contribution in [0.15, 0.2) is 60.8 Å². The molecule has 0 fully saturated rings. The van der Waals surface area contributed by atoms with Crippen molar-refractivity contribution in [2.24, 2.45) is 0 Å². The molecule has 32 heavy (non-hydrogen) atoms. The minimum atomic E-state index is -2.98. The molecule has 3 N–H and O–H groups in total. The molecule has 2 aromatic carbocycles. The largest absolute Gasteiger partial charge is 0.493 e. The van der Waals surface area contributed by atoms with Crippen molar-refractivity contribution in [3.63, 3.8) is 0 Å². The summed E-state index contributed by atoms with van der Waals surface area (Å²) in [5, 5.41) is 7.61. The van der Waals surface area contributed by atoms with Crippen molar-refractivity contribution in [1.29, 1.82) is 0 Å². The first kappa shape index (κ1) is 21.6. The Morgan fingerprint density at radius 2 is 1.88 bits per heavy atom. The minimum absolute atomic E-state index is 0.109. The highest BCUT2D eigenvalue weighted by Crippen LogP contribution is 2.24. The van der Waals surface area contributed by atoms with Crippen LogP contribution in [0.1, 0.15) is 12.1 Å². The summed E-state index contributed by atoms with van der Waals surface area (Å²) in [7, 11) is -2.98. The van der Waals surface area contributed by atoms with Crippen LogP contribution in [0.3, 0.4) is 0 Å². The van der Waals surface area contributed by atoms with Crippen molar-refractivity contribution in [2.45, 2.75) is 13.3 Å². The molecule has 4 rings (SSSR count). The van der Waals surface area contributed by atoms with Gasteiger partial charge in [0.1, 0.15) is 21.4 Å². The average molecular weight is 452 g/mol. The number of H-pyrrole nitrogens is 1. The molecule has 0 spiro atoms. The second-order valence-corrected chi connectivity index (χ2v) is 9.89. The summed E-state index contributed by atoms with van der Waals surface area (Å²) in [4.78, 5) is 12.1. The Bertz CT molecular complexity index is 1330. The third-order valence-electron chi connectivity index (χ3n) is 4.70. The maximum atomic E-state index is 11.2. The summed E-state index contributed by atoms with van der Waals surface area (Å²) in [5.74, 6) is 1.88. The quantitative estimate of drug-likeness (QED) is 0.320. The summed E-state index contributed by atoms with van der Waals surface area (Å²) in [6.45, 7) is 2.37. The van der Waals surface area contributed by atoms with Gasteiger partial charge >= 0.3 is 0 Å². The highest BCUT2D eigenvalue weighted by Gasteiger charge is 2.05. The number of aromatic amines is 1. The standard InChI is InChI=1S/C23H25N5O3S/c1-16-13-17-14-19(7-8-21(17)25-16)27-23-24-10-9-22(28-23)26-18-5-3-6-20(15-18)31-11-4-12-32(2,29)30/h3,5-10,13-15,25H,4,11-12H2,1-2H3,(H2,24,26,27,28). The highest BCUT2D eigenvalue weighted by molar-refractivity contribution is 7.90. The topological polar surface area (TPSA) is 109 Å². The van der Waals surface area contributed by atoms with Crippen molar-refractivity contribution in [3.05, 3.63) is 66.5 Å². The average Bonchev–Trinajstić information content (AvgIpc) is 3.10.